The van der Waals surface area contributed by atoms with Gasteiger partial charge < -0.3 is 15.0 Å². The molecule has 2 aliphatic rings. The molecule has 2 rings (SSSR count). The predicted molar refractivity (Wildman–Crippen MR) is 74.0 cm³/mol. The van der Waals surface area contributed by atoms with Gasteiger partial charge in [0.2, 0.25) is 5.91 Å². The minimum atomic E-state index is -0.392. The molecule has 0 bridgehead atoms. The van der Waals surface area contributed by atoms with E-state index in [0.717, 1.165) is 31.0 Å². The molecule has 2 N–H and O–H groups in total. The van der Waals surface area contributed by atoms with E-state index in [0.29, 0.717) is 13.2 Å². The first-order valence-corrected chi connectivity index (χ1v) is 7.89. The van der Waals surface area contributed by atoms with Crippen molar-refractivity contribution in [3.63, 3.8) is 0 Å². The van der Waals surface area contributed by atoms with Gasteiger partial charge in [-0.05, 0) is 19.8 Å². The van der Waals surface area contributed by atoms with Crippen molar-refractivity contribution >= 4 is 23.8 Å². The summed E-state index contributed by atoms with van der Waals surface area (Å²) >= 11 is 1.74. The minimum Gasteiger partial charge on any atom is -0.450 e. The Morgan fingerprint density at radius 1 is 1.53 bits per heavy atom. The van der Waals surface area contributed by atoms with Crippen LogP contribution in [0, 0.1) is 0 Å². The van der Waals surface area contributed by atoms with Crippen molar-refractivity contribution in [2.45, 2.75) is 31.8 Å². The zero-order chi connectivity index (χ0) is 13.7. The number of nitrogens with zero attached hydrogens (tertiary/aromatic N) is 1. The van der Waals surface area contributed by atoms with Gasteiger partial charge in [-0.1, -0.05) is 0 Å². The number of piperidine rings is 1. The van der Waals surface area contributed by atoms with Gasteiger partial charge in [0.15, 0.2) is 0 Å². The smallest absolute Gasteiger partial charge is 0.407 e. The summed E-state index contributed by atoms with van der Waals surface area (Å²) in [4.78, 5) is 25.5. The van der Waals surface area contributed by atoms with Crippen LogP contribution in [0.4, 0.5) is 4.79 Å². The van der Waals surface area contributed by atoms with Gasteiger partial charge in [0.05, 0.1) is 12.6 Å². The quantitative estimate of drug-likeness (QED) is 0.785. The van der Waals surface area contributed by atoms with Crippen LogP contribution < -0.4 is 10.6 Å². The fourth-order valence-electron chi connectivity index (χ4n) is 2.41. The highest BCUT2D eigenvalue weighted by Gasteiger charge is 2.31. The maximum absolute atomic E-state index is 12.3. The lowest BCUT2D eigenvalue weighted by Crippen LogP contribution is -2.53. The van der Waals surface area contributed by atoms with Crippen molar-refractivity contribution in [1.29, 1.82) is 0 Å². The molecule has 6 nitrogen and oxygen atoms in total. The molecule has 2 saturated heterocycles. The van der Waals surface area contributed by atoms with Gasteiger partial charge >= 0.3 is 6.09 Å². The Bertz CT molecular complexity index is 334. The Morgan fingerprint density at radius 2 is 2.37 bits per heavy atom. The molecular weight excluding hydrogens is 266 g/mol. The molecule has 2 fully saturated rings. The third-order valence-corrected chi connectivity index (χ3v) is 4.28. The number of thioether (sulfide) groups is 1. The molecule has 0 saturated carbocycles. The molecule has 0 aromatic carbocycles. The van der Waals surface area contributed by atoms with Gasteiger partial charge in [-0.2, -0.15) is 0 Å². The highest BCUT2D eigenvalue weighted by Crippen LogP contribution is 2.16. The topological polar surface area (TPSA) is 70.7 Å². The summed E-state index contributed by atoms with van der Waals surface area (Å²) in [6.45, 7) is 3.51. The number of hydrogen-bond acceptors (Lipinski definition) is 5. The lowest BCUT2D eigenvalue weighted by Gasteiger charge is -2.34. The number of nitrogens with one attached hydrogen (secondary N) is 2. The number of alkyl carbamates (subject to hydrolysis) is 1. The number of rotatable bonds is 3. The number of carbonyl (C=O) groups excluding carboxylic acids is 2. The second kappa shape index (κ2) is 7.00. The van der Waals surface area contributed by atoms with Crippen molar-refractivity contribution < 1.29 is 14.3 Å². The van der Waals surface area contributed by atoms with E-state index in [1.54, 1.807) is 18.7 Å². The fraction of sp³-hybridized carbons (Fsp3) is 0.833. The van der Waals surface area contributed by atoms with Crippen molar-refractivity contribution in [1.82, 2.24) is 15.5 Å². The van der Waals surface area contributed by atoms with Gasteiger partial charge in [-0.25, -0.2) is 4.79 Å². The van der Waals surface area contributed by atoms with Gasteiger partial charge in [-0.3, -0.25) is 10.1 Å². The molecule has 0 radical (unpaired) electrons. The molecule has 0 aromatic heterocycles. The molecule has 2 unspecified atom stereocenters. The molecule has 0 aromatic rings. The van der Waals surface area contributed by atoms with Gasteiger partial charge in [0.1, 0.15) is 0 Å². The second-order valence-corrected chi connectivity index (χ2v) is 5.79. The van der Waals surface area contributed by atoms with Crippen LogP contribution in [-0.2, 0) is 9.53 Å². The molecule has 0 spiro atoms. The monoisotopic (exact) mass is 287 g/mol. The zero-order valence-electron chi connectivity index (χ0n) is 11.2. The lowest BCUT2D eigenvalue weighted by atomic mass is 10.1. The fourth-order valence-corrected chi connectivity index (χ4v) is 3.34. The summed E-state index contributed by atoms with van der Waals surface area (Å²) in [5.74, 6) is 1.83. The first-order chi connectivity index (χ1) is 9.20. The van der Waals surface area contributed by atoms with Crippen LogP contribution in [0.15, 0.2) is 0 Å². The largest absolute Gasteiger partial charge is 0.450 e. The summed E-state index contributed by atoms with van der Waals surface area (Å²) < 4.78 is 4.87. The Morgan fingerprint density at radius 3 is 3.05 bits per heavy atom. The first kappa shape index (κ1) is 14.5. The summed E-state index contributed by atoms with van der Waals surface area (Å²) in [5, 5.41) is 6.00. The van der Waals surface area contributed by atoms with Crippen LogP contribution >= 0.6 is 11.8 Å². The predicted octanol–water partition coefficient (Wildman–Crippen LogP) is 0.386. The van der Waals surface area contributed by atoms with E-state index in [9.17, 15) is 9.59 Å². The zero-order valence-corrected chi connectivity index (χ0v) is 12.0. The first-order valence-electron chi connectivity index (χ1n) is 6.74. The number of carbonyl (C=O) groups is 2. The van der Waals surface area contributed by atoms with E-state index >= 15 is 0 Å². The third kappa shape index (κ3) is 4.01. The van der Waals surface area contributed by atoms with E-state index in [-0.39, 0.29) is 18.0 Å². The van der Waals surface area contributed by atoms with Crippen LogP contribution in [0.3, 0.4) is 0 Å². The van der Waals surface area contributed by atoms with Gasteiger partial charge in [-0.15, -0.1) is 11.8 Å². The van der Waals surface area contributed by atoms with Crippen LogP contribution in [0.1, 0.15) is 19.8 Å². The van der Waals surface area contributed by atoms with Gasteiger partial charge in [0, 0.05) is 30.8 Å². The van der Waals surface area contributed by atoms with E-state index < -0.39 is 6.09 Å². The van der Waals surface area contributed by atoms with Crippen molar-refractivity contribution in [3.05, 3.63) is 0 Å². The minimum absolute atomic E-state index is 0.00538. The van der Waals surface area contributed by atoms with E-state index in [2.05, 4.69) is 10.6 Å². The molecule has 2 amide bonds. The van der Waals surface area contributed by atoms with Crippen LogP contribution in [0.25, 0.3) is 0 Å². The van der Waals surface area contributed by atoms with Crippen molar-refractivity contribution in [3.8, 4) is 0 Å². The van der Waals surface area contributed by atoms with E-state index in [4.69, 9.17) is 4.74 Å². The Kier molecular flexibility index (Phi) is 5.33. The number of ether oxygens (including phenoxy) is 1. The van der Waals surface area contributed by atoms with Crippen LogP contribution in [-0.4, -0.2) is 60.3 Å². The molecule has 2 heterocycles. The van der Waals surface area contributed by atoms with Crippen LogP contribution in [0.2, 0.25) is 0 Å². The lowest BCUT2D eigenvalue weighted by molar-refractivity contribution is -0.134. The average Bonchev–Trinajstić information content (AvgIpc) is 2.92. The van der Waals surface area contributed by atoms with E-state index in [1.807, 2.05) is 4.90 Å². The average molecular weight is 287 g/mol. The molecular formula is C12H21N3O3S. The SMILES string of the molecule is CCOC(=O)NC1CCCN(C(=O)C2CSCN2)C1. The van der Waals surface area contributed by atoms with Crippen molar-refractivity contribution in [2.24, 2.45) is 0 Å². The summed E-state index contributed by atoms with van der Waals surface area (Å²) in [7, 11) is 0. The maximum Gasteiger partial charge on any atom is 0.407 e. The molecule has 2 atom stereocenters. The van der Waals surface area contributed by atoms with Crippen molar-refractivity contribution in [2.75, 3.05) is 31.3 Å². The maximum atomic E-state index is 12.3. The molecule has 108 valence electrons. The van der Waals surface area contributed by atoms with E-state index in [1.165, 1.54) is 0 Å². The third-order valence-electron chi connectivity index (χ3n) is 3.34. The standard InChI is InChI=1S/C12H21N3O3S/c1-2-18-12(17)14-9-4-3-5-15(6-9)11(16)10-7-19-8-13-10/h9-10,13H,2-8H2,1H3,(H,14,17). The Labute approximate surface area is 117 Å². The number of hydrogen-bond donors (Lipinski definition) is 2. The molecule has 0 aliphatic carbocycles. The summed E-state index contributed by atoms with van der Waals surface area (Å²) in [5.41, 5.74) is 0. The summed E-state index contributed by atoms with van der Waals surface area (Å²) in [6.07, 6.45) is 1.43. The molecule has 19 heavy (non-hydrogen) atoms. The summed E-state index contributed by atoms with van der Waals surface area (Å²) in [6, 6.07) is -0.0582. The molecule has 2 aliphatic heterocycles. The van der Waals surface area contributed by atoms with Gasteiger partial charge in [0.25, 0.3) is 0 Å². The Hall–Kier alpha value is -0.950. The normalized spacial score (nSPS) is 27.1. The highest BCUT2D eigenvalue weighted by molar-refractivity contribution is 7.99. The second-order valence-electron chi connectivity index (χ2n) is 4.76. The Balaban J connectivity index is 1.82. The number of likely N-dealkylation sites (tertiary alicyclic amines) is 1. The van der Waals surface area contributed by atoms with Crippen LogP contribution in [0.5, 0.6) is 0 Å². The number of amides is 2. The molecule has 7 heteroatoms. The highest BCUT2D eigenvalue weighted by atomic mass is 32.2.